The average molecular weight is 407 g/mol. The summed E-state index contributed by atoms with van der Waals surface area (Å²) in [5.74, 6) is 0.825. The van der Waals surface area contributed by atoms with Gasteiger partial charge in [0.25, 0.3) is 0 Å². The molecule has 0 radical (unpaired) electrons. The van der Waals surface area contributed by atoms with Gasteiger partial charge in [0.15, 0.2) is 0 Å². The number of nitrogens with one attached hydrogen (secondary N) is 1. The van der Waals surface area contributed by atoms with Crippen LogP contribution in [0.25, 0.3) is 0 Å². The number of ether oxygens (including phenoxy) is 2. The Hall–Kier alpha value is -1.27. The average Bonchev–Trinajstić information content (AvgIpc) is 2.56. The highest BCUT2D eigenvalue weighted by Gasteiger charge is 2.13. The van der Waals surface area contributed by atoms with Crippen molar-refractivity contribution < 1.29 is 14.3 Å². The smallest absolute Gasteiger partial charge is 0.234 e. The van der Waals surface area contributed by atoms with Crippen molar-refractivity contribution in [2.75, 3.05) is 25.3 Å². The summed E-state index contributed by atoms with van der Waals surface area (Å²) >= 11 is 19.3. The van der Waals surface area contributed by atoms with Gasteiger partial charge in [0.1, 0.15) is 11.5 Å². The first kappa shape index (κ1) is 19.1. The summed E-state index contributed by atoms with van der Waals surface area (Å²) in [6.07, 6.45) is 0. The molecule has 1 N–H and O–H groups in total. The topological polar surface area (TPSA) is 47.6 Å². The fourth-order valence-corrected chi connectivity index (χ4v) is 3.40. The minimum Gasteiger partial charge on any atom is -0.495 e. The fourth-order valence-electron chi connectivity index (χ4n) is 1.88. The van der Waals surface area contributed by atoms with E-state index in [1.807, 2.05) is 0 Å². The molecule has 0 atom stereocenters. The first-order valence-electron chi connectivity index (χ1n) is 6.73. The molecule has 0 saturated carbocycles. The maximum absolute atomic E-state index is 12.2. The van der Waals surface area contributed by atoms with E-state index in [0.717, 1.165) is 4.90 Å². The third-order valence-corrected chi connectivity index (χ3v) is 5.03. The second kappa shape index (κ2) is 8.72. The number of benzene rings is 2. The van der Waals surface area contributed by atoms with Crippen LogP contribution in [0.4, 0.5) is 5.69 Å². The Morgan fingerprint density at radius 1 is 1.04 bits per heavy atom. The van der Waals surface area contributed by atoms with Gasteiger partial charge >= 0.3 is 0 Å². The lowest BCUT2D eigenvalue weighted by molar-refractivity contribution is -0.113. The van der Waals surface area contributed by atoms with Gasteiger partial charge in [-0.15, -0.1) is 11.8 Å². The fraction of sp³-hybridized carbons (Fsp3) is 0.188. The van der Waals surface area contributed by atoms with Crippen LogP contribution >= 0.6 is 46.6 Å². The van der Waals surface area contributed by atoms with E-state index in [9.17, 15) is 4.79 Å². The lowest BCUT2D eigenvalue weighted by atomic mass is 10.2. The quantitative estimate of drug-likeness (QED) is 0.653. The zero-order chi connectivity index (χ0) is 17.7. The summed E-state index contributed by atoms with van der Waals surface area (Å²) < 4.78 is 10.4. The number of carbonyl (C=O) groups is 1. The molecule has 0 saturated heterocycles. The number of methoxy groups -OCH3 is 2. The van der Waals surface area contributed by atoms with E-state index in [4.69, 9.17) is 44.3 Å². The van der Waals surface area contributed by atoms with Crippen molar-refractivity contribution in [1.29, 1.82) is 0 Å². The minimum atomic E-state index is -0.223. The van der Waals surface area contributed by atoms with E-state index in [0.29, 0.717) is 32.3 Å². The lowest BCUT2D eigenvalue weighted by Crippen LogP contribution is -2.14. The normalized spacial score (nSPS) is 10.4. The molecule has 0 aliphatic heterocycles. The van der Waals surface area contributed by atoms with E-state index in [1.165, 1.54) is 26.0 Å². The zero-order valence-electron chi connectivity index (χ0n) is 12.9. The molecule has 0 fully saturated rings. The van der Waals surface area contributed by atoms with E-state index >= 15 is 0 Å². The molecule has 2 rings (SSSR count). The molecule has 24 heavy (non-hydrogen) atoms. The first-order valence-corrected chi connectivity index (χ1v) is 8.85. The minimum absolute atomic E-state index is 0.161. The Morgan fingerprint density at radius 2 is 1.75 bits per heavy atom. The number of hydrogen-bond acceptors (Lipinski definition) is 4. The SMILES string of the molecule is COc1cc(NC(=O)CSc2cc(Cl)ccc2Cl)c(OC)cc1Cl. The Balaban J connectivity index is 2.08. The van der Waals surface area contributed by atoms with E-state index in [1.54, 1.807) is 30.3 Å². The Bertz CT molecular complexity index is 756. The van der Waals surface area contributed by atoms with Crippen molar-refractivity contribution in [1.82, 2.24) is 0 Å². The number of rotatable bonds is 6. The second-order valence-electron chi connectivity index (χ2n) is 4.60. The standard InChI is InChI=1S/C16H14Cl3NO3S/c1-22-13-7-12(14(23-2)6-11(13)19)20-16(21)8-24-15-5-9(17)3-4-10(15)18/h3-7H,8H2,1-2H3,(H,20,21). The third kappa shape index (κ3) is 4.86. The summed E-state index contributed by atoms with van der Waals surface area (Å²) in [7, 11) is 2.99. The van der Waals surface area contributed by atoms with Gasteiger partial charge in [-0.2, -0.15) is 0 Å². The molecule has 4 nitrogen and oxygen atoms in total. The second-order valence-corrected chi connectivity index (χ2v) is 6.87. The molecule has 128 valence electrons. The zero-order valence-corrected chi connectivity index (χ0v) is 15.9. The van der Waals surface area contributed by atoms with Crippen LogP contribution in [0, 0.1) is 0 Å². The predicted molar refractivity (Wildman–Crippen MR) is 100 cm³/mol. The van der Waals surface area contributed by atoms with Gasteiger partial charge in [-0.25, -0.2) is 0 Å². The van der Waals surface area contributed by atoms with Gasteiger partial charge in [-0.1, -0.05) is 34.8 Å². The third-order valence-electron chi connectivity index (χ3n) is 3.00. The molecule has 0 heterocycles. The van der Waals surface area contributed by atoms with E-state index < -0.39 is 0 Å². The number of carbonyl (C=O) groups excluding carboxylic acids is 1. The van der Waals surface area contributed by atoms with E-state index in [-0.39, 0.29) is 11.7 Å². The molecule has 0 bridgehead atoms. The molecule has 8 heteroatoms. The molecule has 0 aliphatic rings. The molecule has 0 aromatic heterocycles. The van der Waals surface area contributed by atoms with Crippen LogP contribution in [0.1, 0.15) is 0 Å². The molecular weight excluding hydrogens is 393 g/mol. The largest absolute Gasteiger partial charge is 0.495 e. The van der Waals surface area contributed by atoms with Crippen molar-refractivity contribution in [3.05, 3.63) is 45.4 Å². The summed E-state index contributed by atoms with van der Waals surface area (Å²) in [5, 5.41) is 4.27. The van der Waals surface area contributed by atoms with Gasteiger partial charge in [0.2, 0.25) is 5.91 Å². The molecule has 0 spiro atoms. The number of hydrogen-bond donors (Lipinski definition) is 1. The van der Waals surface area contributed by atoms with E-state index in [2.05, 4.69) is 5.32 Å². The Kier molecular flexibility index (Phi) is 6.92. The molecule has 2 aromatic carbocycles. The Morgan fingerprint density at radius 3 is 2.42 bits per heavy atom. The van der Waals surface area contributed by atoms with Crippen LogP contribution in [0.5, 0.6) is 11.5 Å². The van der Waals surface area contributed by atoms with Crippen LogP contribution in [0.3, 0.4) is 0 Å². The molecular formula is C16H14Cl3NO3S. The highest BCUT2D eigenvalue weighted by molar-refractivity contribution is 8.00. The van der Waals surface area contributed by atoms with Gasteiger partial charge < -0.3 is 14.8 Å². The highest BCUT2D eigenvalue weighted by Crippen LogP contribution is 2.36. The highest BCUT2D eigenvalue weighted by atomic mass is 35.5. The van der Waals surface area contributed by atoms with Crippen LogP contribution in [-0.2, 0) is 4.79 Å². The van der Waals surface area contributed by atoms with Crippen LogP contribution < -0.4 is 14.8 Å². The van der Waals surface area contributed by atoms with Crippen molar-refractivity contribution in [2.45, 2.75) is 4.90 Å². The maximum atomic E-state index is 12.2. The monoisotopic (exact) mass is 405 g/mol. The number of halogens is 3. The maximum Gasteiger partial charge on any atom is 0.234 e. The van der Waals surface area contributed by atoms with Crippen LogP contribution in [-0.4, -0.2) is 25.9 Å². The summed E-state index contributed by atoms with van der Waals surface area (Å²) in [6, 6.07) is 8.29. The van der Waals surface area contributed by atoms with Crippen molar-refractivity contribution in [3.8, 4) is 11.5 Å². The number of anilines is 1. The Labute approximate surface area is 159 Å². The van der Waals surface area contributed by atoms with Crippen LogP contribution in [0.2, 0.25) is 15.1 Å². The molecule has 1 amide bonds. The molecule has 0 aliphatic carbocycles. The molecule has 2 aromatic rings. The number of amides is 1. The van der Waals surface area contributed by atoms with Crippen molar-refractivity contribution >= 4 is 58.2 Å². The lowest BCUT2D eigenvalue weighted by Gasteiger charge is -2.13. The van der Waals surface area contributed by atoms with Crippen molar-refractivity contribution in [3.63, 3.8) is 0 Å². The summed E-state index contributed by atoms with van der Waals surface area (Å²) in [6.45, 7) is 0. The van der Waals surface area contributed by atoms with Gasteiger partial charge in [0.05, 0.1) is 35.7 Å². The van der Waals surface area contributed by atoms with Crippen LogP contribution in [0.15, 0.2) is 35.2 Å². The van der Waals surface area contributed by atoms with Gasteiger partial charge in [-0.05, 0) is 18.2 Å². The van der Waals surface area contributed by atoms with Gasteiger partial charge in [0, 0.05) is 22.1 Å². The first-order chi connectivity index (χ1) is 11.4. The molecule has 0 unspecified atom stereocenters. The van der Waals surface area contributed by atoms with Crippen molar-refractivity contribution in [2.24, 2.45) is 0 Å². The van der Waals surface area contributed by atoms with Gasteiger partial charge in [-0.3, -0.25) is 4.79 Å². The summed E-state index contributed by atoms with van der Waals surface area (Å²) in [4.78, 5) is 12.9. The summed E-state index contributed by atoms with van der Waals surface area (Å²) in [5.41, 5.74) is 0.474. The number of thioether (sulfide) groups is 1. The predicted octanol–water partition coefficient (Wildman–Crippen LogP) is 5.39.